The normalized spacial score (nSPS) is 24.8. The molecule has 0 radical (unpaired) electrons. The molecule has 1 N–H and O–H groups in total. The van der Waals surface area contributed by atoms with Crippen LogP contribution in [0.1, 0.15) is 31.9 Å². The van der Waals surface area contributed by atoms with Crippen molar-refractivity contribution >= 4 is 0 Å². The molecule has 3 heteroatoms. The summed E-state index contributed by atoms with van der Waals surface area (Å²) >= 11 is 0. The number of hydrogen-bond acceptors (Lipinski definition) is 3. The summed E-state index contributed by atoms with van der Waals surface area (Å²) < 4.78 is 11.2. The lowest BCUT2D eigenvalue weighted by molar-refractivity contribution is -0.0184. The van der Waals surface area contributed by atoms with Gasteiger partial charge in [-0.2, -0.15) is 0 Å². The van der Waals surface area contributed by atoms with Crippen molar-refractivity contribution in [1.82, 2.24) is 5.32 Å². The van der Waals surface area contributed by atoms with Crippen LogP contribution in [0.4, 0.5) is 0 Å². The second-order valence-corrected chi connectivity index (χ2v) is 5.70. The summed E-state index contributed by atoms with van der Waals surface area (Å²) in [6, 6.07) is 11.0. The molecule has 3 nitrogen and oxygen atoms in total. The molecule has 0 aliphatic carbocycles. The van der Waals surface area contributed by atoms with Crippen LogP contribution >= 0.6 is 0 Å². The molecule has 1 saturated heterocycles. The standard InChI is InChI=1S/C16H25NO2/c1-13(2)15(14-7-5-4-6-8-14)17-11-16(18-3)9-10-19-12-16/h4-8,13,15,17H,9-12H2,1-3H3. The van der Waals surface area contributed by atoms with Gasteiger partial charge in [0.05, 0.1) is 6.61 Å². The second kappa shape index (κ2) is 6.51. The maximum absolute atomic E-state index is 5.68. The van der Waals surface area contributed by atoms with E-state index in [1.165, 1.54) is 5.56 Å². The minimum absolute atomic E-state index is 0.151. The average Bonchev–Trinajstić information content (AvgIpc) is 2.89. The van der Waals surface area contributed by atoms with Gasteiger partial charge in [0, 0.05) is 32.7 Å². The Morgan fingerprint density at radius 2 is 2.05 bits per heavy atom. The van der Waals surface area contributed by atoms with Crippen molar-refractivity contribution in [2.45, 2.75) is 31.9 Å². The van der Waals surface area contributed by atoms with Crippen molar-refractivity contribution in [3.05, 3.63) is 35.9 Å². The molecule has 1 fully saturated rings. The second-order valence-electron chi connectivity index (χ2n) is 5.70. The van der Waals surface area contributed by atoms with Crippen LogP contribution in [-0.2, 0) is 9.47 Å². The van der Waals surface area contributed by atoms with Crippen molar-refractivity contribution in [3.63, 3.8) is 0 Å². The molecule has 0 saturated carbocycles. The fourth-order valence-corrected chi connectivity index (χ4v) is 2.66. The Morgan fingerprint density at radius 3 is 2.58 bits per heavy atom. The summed E-state index contributed by atoms with van der Waals surface area (Å²) in [5.41, 5.74) is 1.18. The van der Waals surface area contributed by atoms with Gasteiger partial charge in [0.2, 0.25) is 0 Å². The van der Waals surface area contributed by atoms with Crippen molar-refractivity contribution in [2.24, 2.45) is 5.92 Å². The highest BCUT2D eigenvalue weighted by Crippen LogP contribution is 2.26. The van der Waals surface area contributed by atoms with Gasteiger partial charge in [-0.05, 0) is 11.5 Å². The maximum Gasteiger partial charge on any atom is 0.106 e. The van der Waals surface area contributed by atoms with E-state index in [2.05, 4.69) is 49.5 Å². The van der Waals surface area contributed by atoms with Crippen LogP contribution in [-0.4, -0.2) is 32.5 Å². The van der Waals surface area contributed by atoms with Crippen LogP contribution in [0.15, 0.2) is 30.3 Å². The maximum atomic E-state index is 5.68. The first-order valence-electron chi connectivity index (χ1n) is 7.08. The summed E-state index contributed by atoms with van der Waals surface area (Å²) in [5, 5.41) is 3.66. The van der Waals surface area contributed by atoms with Gasteiger partial charge in [0.15, 0.2) is 0 Å². The van der Waals surface area contributed by atoms with E-state index in [0.29, 0.717) is 18.6 Å². The Hall–Kier alpha value is -0.900. The van der Waals surface area contributed by atoms with E-state index < -0.39 is 0 Å². The Morgan fingerprint density at radius 1 is 1.32 bits per heavy atom. The highest BCUT2D eigenvalue weighted by atomic mass is 16.5. The summed E-state index contributed by atoms with van der Waals surface area (Å²) in [7, 11) is 1.78. The zero-order valence-electron chi connectivity index (χ0n) is 12.2. The van der Waals surface area contributed by atoms with Crippen molar-refractivity contribution in [3.8, 4) is 0 Å². The topological polar surface area (TPSA) is 30.5 Å². The third-order valence-corrected chi connectivity index (χ3v) is 3.97. The third-order valence-electron chi connectivity index (χ3n) is 3.97. The van der Waals surface area contributed by atoms with Crippen molar-refractivity contribution < 1.29 is 9.47 Å². The fourth-order valence-electron chi connectivity index (χ4n) is 2.66. The lowest BCUT2D eigenvalue weighted by Gasteiger charge is -2.31. The lowest BCUT2D eigenvalue weighted by Crippen LogP contribution is -2.45. The molecule has 1 aliphatic rings. The molecule has 2 unspecified atom stereocenters. The Balaban J connectivity index is 2.02. The molecule has 2 atom stereocenters. The molecule has 0 aromatic heterocycles. The SMILES string of the molecule is COC1(CNC(c2ccccc2)C(C)C)CCOC1. The number of hydrogen-bond donors (Lipinski definition) is 1. The van der Waals surface area contributed by atoms with Crippen LogP contribution < -0.4 is 5.32 Å². The fraction of sp³-hybridized carbons (Fsp3) is 0.625. The Kier molecular flexibility index (Phi) is 4.97. The molecule has 19 heavy (non-hydrogen) atoms. The van der Waals surface area contributed by atoms with Gasteiger partial charge in [0.25, 0.3) is 0 Å². The number of ether oxygens (including phenoxy) is 2. The number of benzene rings is 1. The average molecular weight is 263 g/mol. The summed E-state index contributed by atoms with van der Waals surface area (Å²) in [6.07, 6.45) is 0.968. The molecule has 1 aromatic rings. The van der Waals surface area contributed by atoms with E-state index in [1.807, 2.05) is 0 Å². The van der Waals surface area contributed by atoms with Crippen LogP contribution in [0.5, 0.6) is 0 Å². The van der Waals surface area contributed by atoms with Crippen molar-refractivity contribution in [1.29, 1.82) is 0 Å². The number of nitrogens with one attached hydrogen (secondary N) is 1. The highest BCUT2D eigenvalue weighted by molar-refractivity contribution is 5.19. The van der Waals surface area contributed by atoms with E-state index in [-0.39, 0.29) is 5.60 Å². The number of methoxy groups -OCH3 is 1. The van der Waals surface area contributed by atoms with Gasteiger partial charge < -0.3 is 14.8 Å². The summed E-state index contributed by atoms with van der Waals surface area (Å²) in [5.74, 6) is 0.540. The lowest BCUT2D eigenvalue weighted by atomic mass is 9.94. The van der Waals surface area contributed by atoms with E-state index in [1.54, 1.807) is 7.11 Å². The predicted molar refractivity (Wildman–Crippen MR) is 77.2 cm³/mol. The molecule has 106 valence electrons. The smallest absolute Gasteiger partial charge is 0.106 e. The van der Waals surface area contributed by atoms with E-state index >= 15 is 0 Å². The number of rotatable bonds is 6. The van der Waals surface area contributed by atoms with Crippen LogP contribution in [0.3, 0.4) is 0 Å². The van der Waals surface area contributed by atoms with Gasteiger partial charge in [-0.3, -0.25) is 0 Å². The Labute approximate surface area is 116 Å². The Bertz CT molecular complexity index is 372. The third kappa shape index (κ3) is 3.56. The van der Waals surface area contributed by atoms with Gasteiger partial charge in [-0.15, -0.1) is 0 Å². The molecule has 1 aliphatic heterocycles. The van der Waals surface area contributed by atoms with E-state index in [4.69, 9.17) is 9.47 Å². The first-order chi connectivity index (χ1) is 9.17. The van der Waals surface area contributed by atoms with Gasteiger partial charge in [-0.1, -0.05) is 44.2 Å². The minimum atomic E-state index is -0.151. The van der Waals surface area contributed by atoms with E-state index in [0.717, 1.165) is 19.6 Å². The van der Waals surface area contributed by atoms with Crippen LogP contribution in [0, 0.1) is 5.92 Å². The molecule has 0 spiro atoms. The van der Waals surface area contributed by atoms with Crippen LogP contribution in [0.2, 0.25) is 0 Å². The molecule has 1 aromatic carbocycles. The molecule has 0 amide bonds. The molecular formula is C16H25NO2. The van der Waals surface area contributed by atoms with E-state index in [9.17, 15) is 0 Å². The first-order valence-corrected chi connectivity index (χ1v) is 7.08. The summed E-state index contributed by atoms with van der Waals surface area (Å²) in [6.45, 7) is 6.81. The quantitative estimate of drug-likeness (QED) is 0.856. The minimum Gasteiger partial charge on any atom is -0.378 e. The zero-order valence-corrected chi connectivity index (χ0v) is 12.2. The first kappa shape index (κ1) is 14.5. The summed E-state index contributed by atoms with van der Waals surface area (Å²) in [4.78, 5) is 0. The highest BCUT2D eigenvalue weighted by Gasteiger charge is 2.35. The van der Waals surface area contributed by atoms with Crippen LogP contribution in [0.25, 0.3) is 0 Å². The molecular weight excluding hydrogens is 238 g/mol. The molecule has 2 rings (SSSR count). The monoisotopic (exact) mass is 263 g/mol. The molecule has 0 bridgehead atoms. The van der Waals surface area contributed by atoms with Gasteiger partial charge in [0.1, 0.15) is 5.60 Å². The zero-order chi connectivity index (χ0) is 13.7. The van der Waals surface area contributed by atoms with Crippen molar-refractivity contribution in [2.75, 3.05) is 26.9 Å². The molecule has 1 heterocycles. The van der Waals surface area contributed by atoms with Gasteiger partial charge in [-0.25, -0.2) is 0 Å². The largest absolute Gasteiger partial charge is 0.378 e. The predicted octanol–water partition coefficient (Wildman–Crippen LogP) is 2.78. The van der Waals surface area contributed by atoms with Gasteiger partial charge >= 0.3 is 0 Å².